The summed E-state index contributed by atoms with van der Waals surface area (Å²) in [5.41, 5.74) is 1.68. The molecular formula is C14H18O4S. The van der Waals surface area contributed by atoms with Gasteiger partial charge in [-0.2, -0.15) is 0 Å². The van der Waals surface area contributed by atoms with Crippen molar-refractivity contribution in [3.05, 3.63) is 29.3 Å². The van der Waals surface area contributed by atoms with Gasteiger partial charge in [-0.25, -0.2) is 8.42 Å². The highest BCUT2D eigenvalue weighted by Crippen LogP contribution is 2.19. The first-order valence-electron chi connectivity index (χ1n) is 6.02. The summed E-state index contributed by atoms with van der Waals surface area (Å²) < 4.78 is 28.2. The van der Waals surface area contributed by atoms with E-state index in [0.717, 1.165) is 5.56 Å². The molecule has 1 N–H and O–H groups in total. The monoisotopic (exact) mass is 282 g/mol. The summed E-state index contributed by atoms with van der Waals surface area (Å²) >= 11 is 0. The number of hydrogen-bond donors (Lipinski definition) is 1. The van der Waals surface area contributed by atoms with Crippen molar-refractivity contribution in [2.24, 2.45) is 0 Å². The van der Waals surface area contributed by atoms with Gasteiger partial charge in [-0.3, -0.25) is 0 Å². The van der Waals surface area contributed by atoms with Gasteiger partial charge in [0.25, 0.3) is 0 Å². The Balaban J connectivity index is 2.78. The van der Waals surface area contributed by atoms with Crippen LogP contribution in [0.2, 0.25) is 0 Å². The summed E-state index contributed by atoms with van der Waals surface area (Å²) in [6.07, 6.45) is 0. The average molecular weight is 282 g/mol. The van der Waals surface area contributed by atoms with Crippen LogP contribution in [0.5, 0.6) is 5.75 Å². The molecule has 0 saturated heterocycles. The van der Waals surface area contributed by atoms with Crippen molar-refractivity contribution in [2.45, 2.75) is 13.8 Å². The smallest absolute Gasteiger partial charge is 0.153 e. The molecule has 5 heteroatoms. The van der Waals surface area contributed by atoms with Crippen LogP contribution in [0.25, 0.3) is 0 Å². The highest BCUT2D eigenvalue weighted by molar-refractivity contribution is 7.91. The number of hydrogen-bond acceptors (Lipinski definition) is 4. The zero-order valence-corrected chi connectivity index (χ0v) is 12.0. The van der Waals surface area contributed by atoms with E-state index in [1.807, 2.05) is 19.1 Å². The van der Waals surface area contributed by atoms with Gasteiger partial charge in [-0.1, -0.05) is 24.8 Å². The van der Waals surface area contributed by atoms with Gasteiger partial charge in [0, 0.05) is 5.75 Å². The lowest BCUT2D eigenvalue weighted by molar-refractivity contribution is 0.339. The Morgan fingerprint density at radius 3 is 2.74 bits per heavy atom. The molecule has 0 amide bonds. The Kier molecular flexibility index (Phi) is 5.87. The number of aryl methyl sites for hydroxylation is 1. The quantitative estimate of drug-likeness (QED) is 0.823. The van der Waals surface area contributed by atoms with Crippen LogP contribution >= 0.6 is 0 Å². The van der Waals surface area contributed by atoms with Crippen LogP contribution in [0.4, 0.5) is 0 Å². The second kappa shape index (κ2) is 7.17. The lowest BCUT2D eigenvalue weighted by Crippen LogP contribution is -2.15. The molecule has 0 bridgehead atoms. The topological polar surface area (TPSA) is 63.6 Å². The van der Waals surface area contributed by atoms with Crippen LogP contribution < -0.4 is 4.74 Å². The van der Waals surface area contributed by atoms with Crippen LogP contribution in [0.3, 0.4) is 0 Å². The van der Waals surface area contributed by atoms with E-state index >= 15 is 0 Å². The maximum absolute atomic E-state index is 11.4. The van der Waals surface area contributed by atoms with Crippen LogP contribution in [0, 0.1) is 18.8 Å². The van der Waals surface area contributed by atoms with Crippen LogP contribution in [0.15, 0.2) is 18.2 Å². The summed E-state index contributed by atoms with van der Waals surface area (Å²) in [4.78, 5) is 0. The maximum Gasteiger partial charge on any atom is 0.153 e. The number of sulfone groups is 1. The average Bonchev–Trinajstić information content (AvgIpc) is 2.38. The van der Waals surface area contributed by atoms with Gasteiger partial charge < -0.3 is 9.84 Å². The maximum atomic E-state index is 11.4. The van der Waals surface area contributed by atoms with E-state index in [1.54, 1.807) is 13.0 Å². The molecule has 1 aromatic rings. The van der Waals surface area contributed by atoms with E-state index in [9.17, 15) is 8.42 Å². The molecular weight excluding hydrogens is 264 g/mol. The molecule has 0 saturated carbocycles. The Bertz CT molecular complexity index is 579. The molecule has 0 aliphatic rings. The first-order chi connectivity index (χ1) is 8.98. The van der Waals surface area contributed by atoms with E-state index < -0.39 is 9.84 Å². The van der Waals surface area contributed by atoms with Crippen molar-refractivity contribution < 1.29 is 18.3 Å². The highest BCUT2D eigenvalue weighted by Gasteiger charge is 2.08. The van der Waals surface area contributed by atoms with Gasteiger partial charge in [-0.05, 0) is 24.6 Å². The molecule has 0 radical (unpaired) electrons. The lowest BCUT2D eigenvalue weighted by atomic mass is 10.1. The van der Waals surface area contributed by atoms with Crippen molar-refractivity contribution in [3.63, 3.8) is 0 Å². The minimum absolute atomic E-state index is 0.00968. The molecule has 0 atom stereocenters. The highest BCUT2D eigenvalue weighted by atomic mass is 32.2. The minimum Gasteiger partial charge on any atom is -0.491 e. The van der Waals surface area contributed by atoms with Gasteiger partial charge in [0.05, 0.1) is 11.3 Å². The lowest BCUT2D eigenvalue weighted by Gasteiger charge is -2.09. The van der Waals surface area contributed by atoms with Gasteiger partial charge >= 0.3 is 0 Å². The minimum atomic E-state index is -3.03. The molecule has 104 valence electrons. The summed E-state index contributed by atoms with van der Waals surface area (Å²) in [5.74, 6) is 5.99. The SMILES string of the molecule is CCS(=O)(=O)CCOc1ccc(C)cc1C#CCO. The standard InChI is InChI=1S/C14H18O4S/c1-3-19(16,17)10-9-18-14-7-6-12(2)11-13(14)5-4-8-15/h6-7,11,15H,3,8-10H2,1-2H3. The zero-order valence-electron chi connectivity index (χ0n) is 11.1. The third kappa shape index (κ3) is 5.33. The number of aliphatic hydroxyl groups is 1. The van der Waals surface area contributed by atoms with Gasteiger partial charge in [0.2, 0.25) is 0 Å². The van der Waals surface area contributed by atoms with Gasteiger partial charge in [0.1, 0.15) is 19.0 Å². The van der Waals surface area contributed by atoms with Crippen molar-refractivity contribution in [1.29, 1.82) is 0 Å². The van der Waals surface area contributed by atoms with E-state index in [4.69, 9.17) is 9.84 Å². The van der Waals surface area contributed by atoms with E-state index in [-0.39, 0.29) is 24.7 Å². The van der Waals surface area contributed by atoms with Crippen LogP contribution in [0.1, 0.15) is 18.1 Å². The fourth-order valence-corrected chi connectivity index (χ4v) is 2.05. The molecule has 19 heavy (non-hydrogen) atoms. The molecule has 0 fully saturated rings. The first kappa shape index (κ1) is 15.5. The molecule has 0 aliphatic carbocycles. The van der Waals surface area contributed by atoms with E-state index in [0.29, 0.717) is 11.3 Å². The Morgan fingerprint density at radius 1 is 1.37 bits per heavy atom. The largest absolute Gasteiger partial charge is 0.491 e. The third-order valence-corrected chi connectivity index (χ3v) is 4.20. The zero-order chi connectivity index (χ0) is 14.3. The van der Waals surface area contributed by atoms with Crippen molar-refractivity contribution in [3.8, 4) is 17.6 Å². The van der Waals surface area contributed by atoms with E-state index in [1.165, 1.54) is 0 Å². The molecule has 1 aromatic carbocycles. The molecule has 0 unspecified atom stereocenters. The van der Waals surface area contributed by atoms with E-state index in [2.05, 4.69) is 11.8 Å². The number of rotatable bonds is 5. The Hall–Kier alpha value is -1.51. The van der Waals surface area contributed by atoms with Gasteiger partial charge in [-0.15, -0.1) is 0 Å². The molecule has 0 heterocycles. The Labute approximate surface area is 114 Å². The third-order valence-electron chi connectivity index (χ3n) is 2.53. The summed E-state index contributed by atoms with van der Waals surface area (Å²) in [6, 6.07) is 5.47. The second-order valence-corrected chi connectivity index (χ2v) is 6.52. The Morgan fingerprint density at radius 2 is 2.11 bits per heavy atom. The van der Waals surface area contributed by atoms with Crippen LogP contribution in [-0.4, -0.2) is 38.2 Å². The summed E-state index contributed by atoms with van der Waals surface area (Å²) in [5, 5.41) is 8.71. The van der Waals surface area contributed by atoms with Crippen molar-refractivity contribution >= 4 is 9.84 Å². The van der Waals surface area contributed by atoms with Crippen LogP contribution in [-0.2, 0) is 9.84 Å². The molecule has 4 nitrogen and oxygen atoms in total. The predicted molar refractivity (Wildman–Crippen MR) is 75.0 cm³/mol. The van der Waals surface area contributed by atoms with Crippen molar-refractivity contribution in [2.75, 3.05) is 24.7 Å². The summed E-state index contributed by atoms with van der Waals surface area (Å²) in [7, 11) is -3.03. The second-order valence-electron chi connectivity index (χ2n) is 4.04. The number of ether oxygens (including phenoxy) is 1. The predicted octanol–water partition coefficient (Wildman–Crippen LogP) is 1.15. The fraction of sp³-hybridized carbons (Fsp3) is 0.429. The molecule has 1 rings (SSSR count). The first-order valence-corrected chi connectivity index (χ1v) is 7.84. The number of benzene rings is 1. The van der Waals surface area contributed by atoms with Gasteiger partial charge in [0.15, 0.2) is 9.84 Å². The molecule has 0 aromatic heterocycles. The van der Waals surface area contributed by atoms with Crippen molar-refractivity contribution in [1.82, 2.24) is 0 Å². The number of aliphatic hydroxyl groups excluding tert-OH is 1. The normalized spacial score (nSPS) is 10.7. The molecule has 0 aliphatic heterocycles. The molecule has 0 spiro atoms. The fourth-order valence-electron chi connectivity index (χ4n) is 1.43. The summed E-state index contributed by atoms with van der Waals surface area (Å²) in [6.45, 7) is 3.42.